The van der Waals surface area contributed by atoms with Crippen molar-refractivity contribution in [2.45, 2.75) is 57.7 Å². The predicted molar refractivity (Wildman–Crippen MR) is 66.7 cm³/mol. The second-order valence-corrected chi connectivity index (χ2v) is 6.59. The minimum atomic E-state index is -0.687. The van der Waals surface area contributed by atoms with E-state index in [9.17, 15) is 10.2 Å². The summed E-state index contributed by atoms with van der Waals surface area (Å²) in [5, 5.41) is 20.7. The molecule has 2 rings (SSSR count). The van der Waals surface area contributed by atoms with Gasteiger partial charge in [-0.3, -0.25) is 0 Å². The SMILES string of the molecule is COC1CC(CO)(C2(O)CC(C)CC(C)C2)C1. The van der Waals surface area contributed by atoms with Crippen LogP contribution >= 0.6 is 0 Å². The first kappa shape index (κ1) is 13.3. The lowest BCUT2D eigenvalue weighted by Crippen LogP contribution is -2.62. The van der Waals surface area contributed by atoms with Gasteiger partial charge in [0.1, 0.15) is 0 Å². The van der Waals surface area contributed by atoms with Crippen molar-refractivity contribution in [2.24, 2.45) is 17.3 Å². The Balaban J connectivity index is 2.13. The van der Waals surface area contributed by atoms with E-state index in [1.165, 1.54) is 6.42 Å². The number of methoxy groups -OCH3 is 1. The van der Waals surface area contributed by atoms with E-state index in [1.54, 1.807) is 7.11 Å². The molecule has 3 nitrogen and oxygen atoms in total. The van der Waals surface area contributed by atoms with Crippen LogP contribution in [0.2, 0.25) is 0 Å². The van der Waals surface area contributed by atoms with Gasteiger partial charge < -0.3 is 14.9 Å². The Bertz CT molecular complexity index is 261. The molecule has 0 radical (unpaired) electrons. The molecular formula is C14H26O3. The highest BCUT2D eigenvalue weighted by Gasteiger charge is 2.59. The van der Waals surface area contributed by atoms with Crippen LogP contribution in [0.25, 0.3) is 0 Å². The fourth-order valence-electron chi connectivity index (χ4n) is 4.16. The third-order valence-electron chi connectivity index (χ3n) is 5.04. The summed E-state index contributed by atoms with van der Waals surface area (Å²) < 4.78 is 5.31. The second kappa shape index (κ2) is 4.52. The van der Waals surface area contributed by atoms with Crippen LogP contribution in [0.5, 0.6) is 0 Å². The maximum Gasteiger partial charge on any atom is 0.0732 e. The van der Waals surface area contributed by atoms with Crippen molar-refractivity contribution >= 4 is 0 Å². The van der Waals surface area contributed by atoms with Gasteiger partial charge in [-0.15, -0.1) is 0 Å². The number of hydrogen-bond donors (Lipinski definition) is 2. The van der Waals surface area contributed by atoms with Crippen LogP contribution in [0.3, 0.4) is 0 Å². The zero-order chi connectivity index (χ0) is 12.7. The number of ether oxygens (including phenoxy) is 1. The molecule has 2 aliphatic rings. The van der Waals surface area contributed by atoms with Crippen LogP contribution in [-0.2, 0) is 4.74 Å². The summed E-state index contributed by atoms with van der Waals surface area (Å²) in [4.78, 5) is 0. The summed E-state index contributed by atoms with van der Waals surface area (Å²) >= 11 is 0. The van der Waals surface area contributed by atoms with Gasteiger partial charge in [0.05, 0.1) is 18.3 Å². The highest BCUT2D eigenvalue weighted by molar-refractivity contribution is 5.09. The first-order valence-corrected chi connectivity index (χ1v) is 6.81. The standard InChI is InChI=1S/C14H26O3/c1-10-4-11(2)6-14(16,5-10)13(9-15)7-12(8-13)17-3/h10-12,15-16H,4-9H2,1-3H3. The van der Waals surface area contributed by atoms with Crippen LogP contribution < -0.4 is 0 Å². The molecular weight excluding hydrogens is 216 g/mol. The molecule has 2 saturated carbocycles. The summed E-state index contributed by atoms with van der Waals surface area (Å²) in [5.74, 6) is 1.10. The molecule has 17 heavy (non-hydrogen) atoms. The Kier molecular flexibility index (Phi) is 3.54. The molecule has 0 spiro atoms. The molecule has 2 N–H and O–H groups in total. The van der Waals surface area contributed by atoms with Gasteiger partial charge in [-0.2, -0.15) is 0 Å². The molecule has 0 aliphatic heterocycles. The van der Waals surface area contributed by atoms with Gasteiger partial charge in [0.25, 0.3) is 0 Å². The lowest BCUT2D eigenvalue weighted by atomic mass is 9.52. The van der Waals surface area contributed by atoms with Crippen molar-refractivity contribution in [2.75, 3.05) is 13.7 Å². The topological polar surface area (TPSA) is 49.7 Å². The van der Waals surface area contributed by atoms with Crippen molar-refractivity contribution in [1.82, 2.24) is 0 Å². The molecule has 2 aliphatic carbocycles. The zero-order valence-corrected chi connectivity index (χ0v) is 11.3. The van der Waals surface area contributed by atoms with Crippen LogP contribution in [0.4, 0.5) is 0 Å². The van der Waals surface area contributed by atoms with Crippen LogP contribution in [-0.4, -0.2) is 35.6 Å². The van der Waals surface area contributed by atoms with E-state index in [1.807, 2.05) is 0 Å². The smallest absolute Gasteiger partial charge is 0.0732 e. The summed E-state index contributed by atoms with van der Waals surface area (Å²) in [5.41, 5.74) is -0.996. The van der Waals surface area contributed by atoms with Crippen LogP contribution in [0.15, 0.2) is 0 Å². The van der Waals surface area contributed by atoms with Crippen molar-refractivity contribution in [3.05, 3.63) is 0 Å². The molecule has 0 heterocycles. The zero-order valence-electron chi connectivity index (χ0n) is 11.3. The maximum absolute atomic E-state index is 11.0. The largest absolute Gasteiger partial charge is 0.396 e. The molecule has 100 valence electrons. The van der Waals surface area contributed by atoms with Crippen molar-refractivity contribution in [1.29, 1.82) is 0 Å². The molecule has 0 saturated heterocycles. The van der Waals surface area contributed by atoms with E-state index in [0.29, 0.717) is 11.8 Å². The number of aliphatic hydroxyl groups excluding tert-OH is 1. The molecule has 2 atom stereocenters. The summed E-state index contributed by atoms with van der Waals surface area (Å²) in [7, 11) is 1.71. The monoisotopic (exact) mass is 242 g/mol. The van der Waals surface area contributed by atoms with Gasteiger partial charge >= 0.3 is 0 Å². The third kappa shape index (κ3) is 2.13. The summed E-state index contributed by atoms with van der Waals surface area (Å²) in [6.45, 7) is 4.50. The number of hydrogen-bond acceptors (Lipinski definition) is 3. The first-order chi connectivity index (χ1) is 7.94. The Morgan fingerprint density at radius 1 is 1.12 bits per heavy atom. The predicted octanol–water partition coefficient (Wildman–Crippen LogP) is 1.96. The Morgan fingerprint density at radius 2 is 1.65 bits per heavy atom. The van der Waals surface area contributed by atoms with Gasteiger partial charge in [0.15, 0.2) is 0 Å². The lowest BCUT2D eigenvalue weighted by Gasteiger charge is -2.58. The van der Waals surface area contributed by atoms with Gasteiger partial charge in [-0.1, -0.05) is 13.8 Å². The number of rotatable bonds is 3. The van der Waals surface area contributed by atoms with Gasteiger partial charge in [0.2, 0.25) is 0 Å². The quantitative estimate of drug-likeness (QED) is 0.795. The van der Waals surface area contributed by atoms with E-state index in [0.717, 1.165) is 25.7 Å². The summed E-state index contributed by atoms with van der Waals surface area (Å²) in [6, 6.07) is 0. The van der Waals surface area contributed by atoms with E-state index in [-0.39, 0.29) is 18.1 Å². The van der Waals surface area contributed by atoms with E-state index in [2.05, 4.69) is 13.8 Å². The van der Waals surface area contributed by atoms with Crippen LogP contribution in [0, 0.1) is 17.3 Å². The maximum atomic E-state index is 11.0. The average molecular weight is 242 g/mol. The molecule has 3 heteroatoms. The van der Waals surface area contributed by atoms with E-state index in [4.69, 9.17) is 4.74 Å². The molecule has 0 aromatic carbocycles. The van der Waals surface area contributed by atoms with Gasteiger partial charge in [0, 0.05) is 12.5 Å². The highest BCUT2D eigenvalue weighted by Crippen LogP contribution is 2.56. The Hall–Kier alpha value is -0.120. The summed E-state index contributed by atoms with van der Waals surface area (Å²) in [6.07, 6.45) is 4.67. The fourth-order valence-corrected chi connectivity index (χ4v) is 4.16. The second-order valence-electron chi connectivity index (χ2n) is 6.59. The molecule has 0 amide bonds. The molecule has 0 aromatic rings. The third-order valence-corrected chi connectivity index (χ3v) is 5.04. The molecule has 2 unspecified atom stereocenters. The first-order valence-electron chi connectivity index (χ1n) is 6.81. The van der Waals surface area contributed by atoms with Crippen molar-refractivity contribution in [3.8, 4) is 0 Å². The minimum absolute atomic E-state index is 0.0861. The average Bonchev–Trinajstić information content (AvgIpc) is 2.14. The van der Waals surface area contributed by atoms with Crippen molar-refractivity contribution in [3.63, 3.8) is 0 Å². The Labute approximate surface area is 104 Å². The minimum Gasteiger partial charge on any atom is -0.396 e. The molecule has 0 aromatic heterocycles. The molecule has 0 bridgehead atoms. The van der Waals surface area contributed by atoms with E-state index >= 15 is 0 Å². The number of aliphatic hydroxyl groups is 2. The van der Waals surface area contributed by atoms with E-state index < -0.39 is 5.60 Å². The van der Waals surface area contributed by atoms with Crippen molar-refractivity contribution < 1.29 is 14.9 Å². The van der Waals surface area contributed by atoms with Crippen LogP contribution in [0.1, 0.15) is 46.0 Å². The fraction of sp³-hybridized carbons (Fsp3) is 1.00. The molecule has 2 fully saturated rings. The highest BCUT2D eigenvalue weighted by atomic mass is 16.5. The lowest BCUT2D eigenvalue weighted by molar-refractivity contribution is -0.219. The Morgan fingerprint density at radius 3 is 2.06 bits per heavy atom. The van der Waals surface area contributed by atoms with Gasteiger partial charge in [-0.05, 0) is 43.9 Å². The normalized spacial score (nSPS) is 51.0. The van der Waals surface area contributed by atoms with Gasteiger partial charge in [-0.25, -0.2) is 0 Å².